The number of aromatic amines is 1. The molecular weight excluding hydrogens is 537 g/mol. The van der Waals surface area contributed by atoms with Crippen molar-refractivity contribution in [2.24, 2.45) is 0 Å². The molecule has 9 nitrogen and oxygen atoms in total. The molecule has 0 aliphatic heterocycles. The van der Waals surface area contributed by atoms with Gasteiger partial charge in [-0.05, 0) is 67.8 Å². The SMILES string of the molecule is CCN(C(=O)c1cc(NC(=O)[C@@H](C)OC(C)=O)cc(-c2cnc(-c3cc4ccccc4cn3)[nH]2)c1)c1ccc(F)cc1. The molecule has 2 amide bonds. The monoisotopic (exact) mass is 565 g/mol. The number of hydrogen-bond acceptors (Lipinski definition) is 6. The Bertz CT molecular complexity index is 1780. The summed E-state index contributed by atoms with van der Waals surface area (Å²) < 4.78 is 18.6. The summed E-state index contributed by atoms with van der Waals surface area (Å²) in [5.41, 5.74) is 2.91. The molecule has 0 fully saturated rings. The van der Waals surface area contributed by atoms with Gasteiger partial charge in [-0.3, -0.25) is 19.4 Å². The van der Waals surface area contributed by atoms with Crippen molar-refractivity contribution in [3.05, 3.63) is 96.6 Å². The molecule has 42 heavy (non-hydrogen) atoms. The molecule has 212 valence electrons. The number of pyridine rings is 1. The highest BCUT2D eigenvalue weighted by Crippen LogP contribution is 2.28. The summed E-state index contributed by atoms with van der Waals surface area (Å²) in [7, 11) is 0. The second-order valence-electron chi connectivity index (χ2n) is 9.63. The Morgan fingerprint density at radius 2 is 1.71 bits per heavy atom. The van der Waals surface area contributed by atoms with E-state index in [0.29, 0.717) is 40.7 Å². The number of halogens is 1. The fraction of sp³-hybridized carbons (Fsp3) is 0.156. The minimum Gasteiger partial charge on any atom is -0.453 e. The number of fused-ring (bicyclic) bond motifs is 1. The van der Waals surface area contributed by atoms with E-state index in [9.17, 15) is 18.8 Å². The number of amides is 2. The summed E-state index contributed by atoms with van der Waals surface area (Å²) >= 11 is 0. The quantitative estimate of drug-likeness (QED) is 0.223. The molecular formula is C32H28FN5O4. The van der Waals surface area contributed by atoms with Gasteiger partial charge < -0.3 is 19.9 Å². The molecule has 5 aromatic rings. The minimum atomic E-state index is -1.05. The van der Waals surface area contributed by atoms with E-state index in [4.69, 9.17) is 4.74 Å². The average Bonchev–Trinajstić information content (AvgIpc) is 3.48. The molecule has 0 radical (unpaired) electrons. The third kappa shape index (κ3) is 6.17. The van der Waals surface area contributed by atoms with Gasteiger partial charge in [0.25, 0.3) is 11.8 Å². The lowest BCUT2D eigenvalue weighted by Crippen LogP contribution is -2.31. The molecule has 2 heterocycles. The van der Waals surface area contributed by atoms with Gasteiger partial charge in [0.15, 0.2) is 11.9 Å². The number of H-pyrrole nitrogens is 1. The fourth-order valence-electron chi connectivity index (χ4n) is 4.56. The van der Waals surface area contributed by atoms with Gasteiger partial charge in [-0.2, -0.15) is 0 Å². The first-order chi connectivity index (χ1) is 20.2. The molecule has 3 aromatic carbocycles. The van der Waals surface area contributed by atoms with Gasteiger partial charge in [0, 0.05) is 47.6 Å². The maximum Gasteiger partial charge on any atom is 0.303 e. The first kappa shape index (κ1) is 28.2. The van der Waals surface area contributed by atoms with Crippen molar-refractivity contribution in [1.29, 1.82) is 0 Å². The number of imidazole rings is 1. The molecule has 2 aromatic heterocycles. The second-order valence-corrected chi connectivity index (χ2v) is 9.63. The van der Waals surface area contributed by atoms with Crippen molar-refractivity contribution in [3.63, 3.8) is 0 Å². The lowest BCUT2D eigenvalue weighted by atomic mass is 10.1. The zero-order chi connectivity index (χ0) is 29.8. The van der Waals surface area contributed by atoms with Gasteiger partial charge in [0.1, 0.15) is 11.5 Å². The van der Waals surface area contributed by atoms with Crippen LogP contribution >= 0.6 is 0 Å². The first-order valence-electron chi connectivity index (χ1n) is 13.3. The van der Waals surface area contributed by atoms with Crippen LogP contribution in [0.1, 0.15) is 31.1 Å². The Kier molecular flexibility index (Phi) is 8.05. The second kappa shape index (κ2) is 12.0. The van der Waals surface area contributed by atoms with Crippen molar-refractivity contribution in [2.45, 2.75) is 26.9 Å². The maximum atomic E-state index is 13.7. The predicted molar refractivity (Wildman–Crippen MR) is 158 cm³/mol. The molecule has 0 aliphatic carbocycles. The van der Waals surface area contributed by atoms with Crippen LogP contribution in [0.4, 0.5) is 15.8 Å². The normalized spacial score (nSPS) is 11.6. The van der Waals surface area contributed by atoms with Crippen LogP contribution in [0, 0.1) is 5.82 Å². The van der Waals surface area contributed by atoms with Crippen LogP contribution in [0.2, 0.25) is 0 Å². The van der Waals surface area contributed by atoms with Crippen LogP contribution in [0.25, 0.3) is 33.5 Å². The van der Waals surface area contributed by atoms with E-state index in [0.717, 1.165) is 10.8 Å². The molecule has 1 atom stereocenters. The number of carbonyl (C=O) groups is 3. The fourth-order valence-corrected chi connectivity index (χ4v) is 4.56. The predicted octanol–water partition coefficient (Wildman–Crippen LogP) is 5.99. The number of esters is 1. The van der Waals surface area contributed by atoms with Crippen LogP contribution in [0.5, 0.6) is 0 Å². The summed E-state index contributed by atoms with van der Waals surface area (Å²) in [6.45, 7) is 4.81. The molecule has 0 unspecified atom stereocenters. The van der Waals surface area contributed by atoms with Crippen LogP contribution in [0.15, 0.2) is 85.2 Å². The van der Waals surface area contributed by atoms with Gasteiger partial charge in [0.05, 0.1) is 11.9 Å². The smallest absolute Gasteiger partial charge is 0.303 e. The number of rotatable bonds is 8. The van der Waals surface area contributed by atoms with E-state index >= 15 is 0 Å². The van der Waals surface area contributed by atoms with Crippen LogP contribution < -0.4 is 10.2 Å². The minimum absolute atomic E-state index is 0.272. The molecule has 0 aliphatic rings. The van der Waals surface area contributed by atoms with Gasteiger partial charge in [-0.25, -0.2) is 9.37 Å². The van der Waals surface area contributed by atoms with Crippen LogP contribution in [-0.4, -0.2) is 45.4 Å². The van der Waals surface area contributed by atoms with Crippen molar-refractivity contribution < 1.29 is 23.5 Å². The zero-order valence-electron chi connectivity index (χ0n) is 23.2. The number of nitrogens with one attached hydrogen (secondary N) is 2. The third-order valence-corrected chi connectivity index (χ3v) is 6.62. The molecule has 5 rings (SSSR count). The molecule has 0 bridgehead atoms. The number of carbonyl (C=O) groups excluding carboxylic acids is 3. The van der Waals surface area contributed by atoms with E-state index in [1.54, 1.807) is 30.6 Å². The molecule has 0 saturated carbocycles. The number of aromatic nitrogens is 3. The topological polar surface area (TPSA) is 117 Å². The van der Waals surface area contributed by atoms with Crippen LogP contribution in [-0.2, 0) is 14.3 Å². The summed E-state index contributed by atoms with van der Waals surface area (Å²) in [5, 5.41) is 4.75. The Morgan fingerprint density at radius 1 is 0.976 bits per heavy atom. The lowest BCUT2D eigenvalue weighted by molar-refractivity contribution is -0.150. The largest absolute Gasteiger partial charge is 0.453 e. The molecule has 2 N–H and O–H groups in total. The van der Waals surface area contributed by atoms with Crippen molar-refractivity contribution in [1.82, 2.24) is 15.0 Å². The zero-order valence-corrected chi connectivity index (χ0v) is 23.2. The summed E-state index contributed by atoms with van der Waals surface area (Å²) in [5.74, 6) is -1.38. The molecule has 10 heteroatoms. The van der Waals surface area contributed by atoms with Gasteiger partial charge in [0.2, 0.25) is 0 Å². The average molecular weight is 566 g/mol. The summed E-state index contributed by atoms with van der Waals surface area (Å²) in [4.78, 5) is 51.7. The van der Waals surface area contributed by atoms with Crippen LogP contribution in [0.3, 0.4) is 0 Å². The lowest BCUT2D eigenvalue weighted by Gasteiger charge is -2.22. The van der Waals surface area contributed by atoms with Crippen molar-refractivity contribution >= 4 is 39.9 Å². The Balaban J connectivity index is 1.52. The van der Waals surface area contributed by atoms with E-state index in [1.807, 2.05) is 37.3 Å². The number of nitrogens with zero attached hydrogens (tertiary/aromatic N) is 3. The molecule has 0 spiro atoms. The number of benzene rings is 3. The number of ether oxygens (including phenoxy) is 1. The van der Waals surface area contributed by atoms with Crippen molar-refractivity contribution in [2.75, 3.05) is 16.8 Å². The Hall–Kier alpha value is -5.38. The standard InChI is InChI=1S/C32H28FN5O4/c1-4-38(27-11-9-25(33)10-12-27)32(41)24-13-23(14-26(15-24)36-31(40)19(2)42-20(3)39)29-18-35-30(37-29)28-16-21-7-5-6-8-22(21)17-34-28/h5-19H,4H2,1-3H3,(H,35,37)(H,36,40)/t19-/m1/s1. The first-order valence-corrected chi connectivity index (χ1v) is 13.3. The maximum absolute atomic E-state index is 13.7. The van der Waals surface area contributed by atoms with Gasteiger partial charge in [-0.1, -0.05) is 24.3 Å². The Labute approximate surface area is 241 Å². The van der Waals surface area contributed by atoms with E-state index in [1.165, 1.54) is 43.0 Å². The van der Waals surface area contributed by atoms with E-state index in [-0.39, 0.29) is 11.5 Å². The van der Waals surface area contributed by atoms with Gasteiger partial charge >= 0.3 is 5.97 Å². The summed E-state index contributed by atoms with van der Waals surface area (Å²) in [6.07, 6.45) is 2.36. The molecule has 0 saturated heterocycles. The summed E-state index contributed by atoms with van der Waals surface area (Å²) in [6, 6.07) is 20.3. The number of hydrogen-bond donors (Lipinski definition) is 2. The third-order valence-electron chi connectivity index (χ3n) is 6.62. The van der Waals surface area contributed by atoms with E-state index in [2.05, 4.69) is 20.3 Å². The van der Waals surface area contributed by atoms with Crippen molar-refractivity contribution in [3.8, 4) is 22.8 Å². The Morgan fingerprint density at radius 3 is 2.43 bits per heavy atom. The van der Waals surface area contributed by atoms with Gasteiger partial charge in [-0.15, -0.1) is 0 Å². The van der Waals surface area contributed by atoms with E-state index < -0.39 is 23.8 Å². The highest BCUT2D eigenvalue weighted by molar-refractivity contribution is 6.08. The highest BCUT2D eigenvalue weighted by Gasteiger charge is 2.21. The highest BCUT2D eigenvalue weighted by atomic mass is 19.1. The number of anilines is 2.